The van der Waals surface area contributed by atoms with E-state index in [1.54, 1.807) is 0 Å². The molecular formula is C6H3ClFO. The molecule has 0 atom stereocenters. The van der Waals surface area contributed by atoms with Crippen LogP contribution < -0.4 is 0 Å². The maximum Gasteiger partial charge on any atom is 0.183 e. The molecule has 0 spiro atoms. The van der Waals surface area contributed by atoms with E-state index in [9.17, 15) is 4.39 Å². The Morgan fingerprint density at radius 1 is 1.67 bits per heavy atom. The molecule has 1 nitrogen and oxygen atoms in total. The average molecular weight is 146 g/mol. The van der Waals surface area contributed by atoms with Gasteiger partial charge in [0.25, 0.3) is 0 Å². The van der Waals surface area contributed by atoms with Crippen LogP contribution in [0.3, 0.4) is 0 Å². The summed E-state index contributed by atoms with van der Waals surface area (Å²) in [5.41, 5.74) is 0. The lowest BCUT2D eigenvalue weighted by molar-refractivity contribution is 0.431. The summed E-state index contributed by atoms with van der Waals surface area (Å²) in [6.45, 7) is 0. The fourth-order valence-corrected chi connectivity index (χ4v) is 0.596. The Bertz CT molecular complexity index is 204. The van der Waals surface area contributed by atoms with Gasteiger partial charge in [-0.05, 0) is 12.1 Å². The van der Waals surface area contributed by atoms with Crippen LogP contribution in [0.15, 0.2) is 12.1 Å². The molecule has 0 aromatic heterocycles. The monoisotopic (exact) mass is 145 g/mol. The summed E-state index contributed by atoms with van der Waals surface area (Å²) in [7, 11) is 0. The summed E-state index contributed by atoms with van der Waals surface area (Å²) in [5, 5.41) is 8.49. The zero-order valence-corrected chi connectivity index (χ0v) is 5.11. The van der Waals surface area contributed by atoms with Crippen LogP contribution in [0.1, 0.15) is 0 Å². The molecule has 0 heterocycles. The number of benzene rings is 1. The van der Waals surface area contributed by atoms with Crippen molar-refractivity contribution in [2.75, 3.05) is 0 Å². The highest BCUT2D eigenvalue weighted by atomic mass is 35.5. The van der Waals surface area contributed by atoms with Crippen molar-refractivity contribution in [1.29, 1.82) is 0 Å². The van der Waals surface area contributed by atoms with Gasteiger partial charge in [-0.1, -0.05) is 11.6 Å². The predicted molar refractivity (Wildman–Crippen MR) is 31.9 cm³/mol. The van der Waals surface area contributed by atoms with E-state index in [-0.39, 0.29) is 5.02 Å². The maximum absolute atomic E-state index is 12.3. The molecule has 0 aliphatic carbocycles. The molecule has 9 heavy (non-hydrogen) atoms. The van der Waals surface area contributed by atoms with Crippen LogP contribution in [0.5, 0.6) is 5.75 Å². The summed E-state index contributed by atoms with van der Waals surface area (Å²) < 4.78 is 12.3. The van der Waals surface area contributed by atoms with E-state index >= 15 is 0 Å². The van der Waals surface area contributed by atoms with Gasteiger partial charge in [0.15, 0.2) is 11.6 Å². The second-order valence-corrected chi connectivity index (χ2v) is 1.90. The molecular weight excluding hydrogens is 143 g/mol. The number of hydrogen-bond donors (Lipinski definition) is 1. The molecule has 1 N–H and O–H groups in total. The van der Waals surface area contributed by atoms with Crippen molar-refractivity contribution in [2.24, 2.45) is 0 Å². The zero-order valence-electron chi connectivity index (χ0n) is 4.36. The molecule has 1 aromatic carbocycles. The third-order valence-corrected chi connectivity index (χ3v) is 1.16. The van der Waals surface area contributed by atoms with Crippen LogP contribution in [-0.2, 0) is 0 Å². The SMILES string of the molecule is Oc1[c]ccc(Cl)c1F. The van der Waals surface area contributed by atoms with Crippen molar-refractivity contribution in [2.45, 2.75) is 0 Å². The number of hydrogen-bond acceptors (Lipinski definition) is 1. The molecule has 0 saturated heterocycles. The third-order valence-electron chi connectivity index (χ3n) is 0.867. The molecule has 0 amide bonds. The lowest BCUT2D eigenvalue weighted by atomic mass is 10.3. The summed E-state index contributed by atoms with van der Waals surface area (Å²) in [5.74, 6) is -1.36. The topological polar surface area (TPSA) is 20.2 Å². The van der Waals surface area contributed by atoms with Crippen molar-refractivity contribution in [1.82, 2.24) is 0 Å². The van der Waals surface area contributed by atoms with Crippen LogP contribution >= 0.6 is 11.6 Å². The summed E-state index contributed by atoms with van der Waals surface area (Å²) >= 11 is 5.26. The molecule has 0 saturated carbocycles. The third kappa shape index (κ3) is 1.13. The molecule has 0 bridgehead atoms. The first-order chi connectivity index (χ1) is 4.22. The van der Waals surface area contributed by atoms with Crippen LogP contribution in [-0.4, -0.2) is 5.11 Å². The normalized spacial score (nSPS) is 9.56. The van der Waals surface area contributed by atoms with E-state index in [1.807, 2.05) is 0 Å². The molecule has 0 aliphatic heterocycles. The van der Waals surface area contributed by atoms with Gasteiger partial charge in [0.2, 0.25) is 0 Å². The van der Waals surface area contributed by atoms with E-state index in [0.717, 1.165) is 0 Å². The fourth-order valence-electron chi connectivity index (χ4n) is 0.443. The predicted octanol–water partition coefficient (Wildman–Crippen LogP) is 1.98. The van der Waals surface area contributed by atoms with E-state index in [4.69, 9.17) is 16.7 Å². The minimum absolute atomic E-state index is 0.0914. The number of rotatable bonds is 0. The van der Waals surface area contributed by atoms with E-state index in [1.165, 1.54) is 12.1 Å². The Hall–Kier alpha value is -0.760. The van der Waals surface area contributed by atoms with Crippen molar-refractivity contribution in [3.8, 4) is 5.75 Å². The van der Waals surface area contributed by atoms with Crippen molar-refractivity contribution >= 4 is 11.6 Å². The Morgan fingerprint density at radius 3 is 2.78 bits per heavy atom. The molecule has 47 valence electrons. The van der Waals surface area contributed by atoms with E-state index in [0.29, 0.717) is 0 Å². The molecule has 3 heteroatoms. The molecule has 0 unspecified atom stereocenters. The lowest BCUT2D eigenvalue weighted by Crippen LogP contribution is -1.75. The quantitative estimate of drug-likeness (QED) is 0.592. The largest absolute Gasteiger partial charge is 0.504 e. The first-order valence-corrected chi connectivity index (χ1v) is 2.64. The van der Waals surface area contributed by atoms with Crippen LogP contribution in [0, 0.1) is 11.9 Å². The molecule has 0 fully saturated rings. The standard InChI is InChI=1S/C6H3ClFO/c7-4-2-1-3-5(9)6(4)8/h1-2,9H. The van der Waals surface area contributed by atoms with Gasteiger partial charge in [-0.15, -0.1) is 0 Å². The molecule has 1 aromatic rings. The van der Waals surface area contributed by atoms with Gasteiger partial charge >= 0.3 is 0 Å². The molecule has 1 radical (unpaired) electrons. The Balaban J connectivity index is 3.25. The van der Waals surface area contributed by atoms with Crippen molar-refractivity contribution < 1.29 is 9.50 Å². The Kier molecular flexibility index (Phi) is 1.58. The second kappa shape index (κ2) is 2.23. The average Bonchev–Trinajstić information content (AvgIpc) is 1.83. The highest BCUT2D eigenvalue weighted by Crippen LogP contribution is 2.21. The zero-order chi connectivity index (χ0) is 6.85. The number of aromatic hydroxyl groups is 1. The number of phenolic OH excluding ortho intramolecular Hbond substituents is 1. The van der Waals surface area contributed by atoms with Crippen LogP contribution in [0.4, 0.5) is 4.39 Å². The van der Waals surface area contributed by atoms with Gasteiger partial charge < -0.3 is 5.11 Å². The van der Waals surface area contributed by atoms with Gasteiger partial charge in [0.1, 0.15) is 0 Å². The Morgan fingerprint density at radius 2 is 2.33 bits per heavy atom. The number of halogens is 2. The van der Waals surface area contributed by atoms with Crippen LogP contribution in [0.25, 0.3) is 0 Å². The first-order valence-electron chi connectivity index (χ1n) is 2.26. The molecule has 0 aliphatic rings. The summed E-state index contributed by atoms with van der Waals surface area (Å²) in [6, 6.07) is 4.90. The number of phenols is 1. The van der Waals surface area contributed by atoms with Gasteiger partial charge in [-0.3, -0.25) is 0 Å². The second-order valence-electron chi connectivity index (χ2n) is 1.49. The lowest BCUT2D eigenvalue weighted by Gasteiger charge is -1.92. The van der Waals surface area contributed by atoms with Gasteiger partial charge in [-0.2, -0.15) is 0 Å². The fraction of sp³-hybridized carbons (Fsp3) is 0. The smallest absolute Gasteiger partial charge is 0.183 e. The minimum Gasteiger partial charge on any atom is -0.504 e. The molecule has 1 rings (SSSR count). The first kappa shape index (κ1) is 6.36. The van der Waals surface area contributed by atoms with Gasteiger partial charge in [-0.25, -0.2) is 4.39 Å². The van der Waals surface area contributed by atoms with Crippen molar-refractivity contribution in [3.63, 3.8) is 0 Å². The minimum atomic E-state index is -0.820. The maximum atomic E-state index is 12.3. The van der Waals surface area contributed by atoms with Crippen molar-refractivity contribution in [3.05, 3.63) is 29.0 Å². The van der Waals surface area contributed by atoms with Gasteiger partial charge in [0, 0.05) is 6.07 Å². The highest BCUT2D eigenvalue weighted by molar-refractivity contribution is 6.30. The summed E-state index contributed by atoms with van der Waals surface area (Å²) in [6.07, 6.45) is 0. The Labute approximate surface area is 56.7 Å². The summed E-state index contributed by atoms with van der Waals surface area (Å²) in [4.78, 5) is 0. The van der Waals surface area contributed by atoms with Crippen LogP contribution in [0.2, 0.25) is 5.02 Å². The van der Waals surface area contributed by atoms with Gasteiger partial charge in [0.05, 0.1) is 5.02 Å². The highest BCUT2D eigenvalue weighted by Gasteiger charge is 2.02. The van der Waals surface area contributed by atoms with E-state index < -0.39 is 11.6 Å². The van der Waals surface area contributed by atoms with E-state index in [2.05, 4.69) is 6.07 Å².